The minimum absolute atomic E-state index is 1.03. The molecule has 32 heavy (non-hydrogen) atoms. The molecule has 0 amide bonds. The molecule has 1 heteroatoms. The van der Waals surface area contributed by atoms with Crippen molar-refractivity contribution < 1.29 is 0 Å². The predicted molar refractivity (Wildman–Crippen MR) is 134 cm³/mol. The number of fused-ring (bicyclic) bond motifs is 6. The maximum atomic E-state index is 2.39. The van der Waals surface area contributed by atoms with E-state index in [1.807, 2.05) is 0 Å². The standard InChI is InChI=1S/C31H21N/c1-2-9-25(10-3-1)32-30-13-7-6-12-27(30)28-17-16-22(20-31(28)32)21-14-15-24-18-23-8-4-5-11-26(23)29(24)19-21/h1-17,19-20H,18H2. The number of para-hydroxylation sites is 2. The van der Waals surface area contributed by atoms with Crippen LogP contribution in [-0.2, 0) is 6.42 Å². The highest BCUT2D eigenvalue weighted by atomic mass is 15.0. The normalized spacial score (nSPS) is 12.2. The molecule has 1 nitrogen and oxygen atoms in total. The van der Waals surface area contributed by atoms with Gasteiger partial charge < -0.3 is 4.57 Å². The van der Waals surface area contributed by atoms with Gasteiger partial charge in [-0.3, -0.25) is 0 Å². The zero-order valence-electron chi connectivity index (χ0n) is 17.6. The monoisotopic (exact) mass is 407 g/mol. The van der Waals surface area contributed by atoms with Gasteiger partial charge in [0, 0.05) is 16.5 Å². The van der Waals surface area contributed by atoms with Crippen LogP contribution in [0.15, 0.2) is 115 Å². The molecule has 1 aliphatic carbocycles. The number of nitrogens with zero attached hydrogens (tertiary/aromatic N) is 1. The van der Waals surface area contributed by atoms with E-state index in [1.54, 1.807) is 0 Å². The summed E-state index contributed by atoms with van der Waals surface area (Å²) in [5, 5.41) is 2.58. The van der Waals surface area contributed by atoms with Crippen LogP contribution in [0.4, 0.5) is 0 Å². The molecule has 0 aliphatic heterocycles. The van der Waals surface area contributed by atoms with E-state index in [4.69, 9.17) is 0 Å². The molecule has 0 bridgehead atoms. The number of aromatic nitrogens is 1. The molecule has 1 heterocycles. The van der Waals surface area contributed by atoms with Crippen LogP contribution >= 0.6 is 0 Å². The minimum atomic E-state index is 1.03. The van der Waals surface area contributed by atoms with Crippen LogP contribution in [0.2, 0.25) is 0 Å². The average molecular weight is 408 g/mol. The van der Waals surface area contributed by atoms with Crippen molar-refractivity contribution in [3.63, 3.8) is 0 Å². The molecule has 0 unspecified atom stereocenters. The Morgan fingerprint density at radius 1 is 0.469 bits per heavy atom. The maximum Gasteiger partial charge on any atom is 0.0547 e. The Morgan fingerprint density at radius 2 is 1.16 bits per heavy atom. The highest BCUT2D eigenvalue weighted by Crippen LogP contribution is 2.40. The largest absolute Gasteiger partial charge is 0.309 e. The Morgan fingerprint density at radius 3 is 2.09 bits per heavy atom. The van der Waals surface area contributed by atoms with E-state index in [-0.39, 0.29) is 0 Å². The smallest absolute Gasteiger partial charge is 0.0547 e. The lowest BCUT2D eigenvalue weighted by Crippen LogP contribution is -1.93. The molecule has 6 aromatic rings. The Bertz CT molecular complexity index is 1640. The first-order valence-corrected chi connectivity index (χ1v) is 11.2. The summed E-state index contributed by atoms with van der Waals surface area (Å²) in [6, 6.07) is 42.0. The molecule has 5 aromatic carbocycles. The summed E-state index contributed by atoms with van der Waals surface area (Å²) in [5.41, 5.74) is 11.8. The third kappa shape index (κ3) is 2.52. The summed E-state index contributed by atoms with van der Waals surface area (Å²) < 4.78 is 2.39. The highest BCUT2D eigenvalue weighted by Gasteiger charge is 2.19. The zero-order valence-corrected chi connectivity index (χ0v) is 17.6. The van der Waals surface area contributed by atoms with Gasteiger partial charge in [-0.05, 0) is 70.1 Å². The zero-order chi connectivity index (χ0) is 21.1. The van der Waals surface area contributed by atoms with Crippen molar-refractivity contribution >= 4 is 21.8 Å². The van der Waals surface area contributed by atoms with Gasteiger partial charge in [0.2, 0.25) is 0 Å². The molecule has 0 radical (unpaired) electrons. The number of rotatable bonds is 2. The van der Waals surface area contributed by atoms with Gasteiger partial charge >= 0.3 is 0 Å². The molecule has 1 aliphatic rings. The second kappa shape index (κ2) is 6.70. The summed E-state index contributed by atoms with van der Waals surface area (Å²) in [6.07, 6.45) is 1.03. The average Bonchev–Trinajstić information content (AvgIpc) is 3.39. The van der Waals surface area contributed by atoms with Crippen molar-refractivity contribution in [1.29, 1.82) is 0 Å². The lowest BCUT2D eigenvalue weighted by Gasteiger charge is -2.10. The van der Waals surface area contributed by atoms with Gasteiger partial charge in [0.1, 0.15) is 0 Å². The van der Waals surface area contributed by atoms with Crippen LogP contribution in [0.5, 0.6) is 0 Å². The molecule has 0 saturated carbocycles. The lowest BCUT2D eigenvalue weighted by molar-refractivity contribution is 1.18. The highest BCUT2D eigenvalue weighted by molar-refractivity contribution is 6.10. The summed E-state index contributed by atoms with van der Waals surface area (Å²) in [5.74, 6) is 0. The number of hydrogen-bond donors (Lipinski definition) is 0. The van der Waals surface area contributed by atoms with Gasteiger partial charge in [-0.15, -0.1) is 0 Å². The number of hydrogen-bond acceptors (Lipinski definition) is 0. The van der Waals surface area contributed by atoms with Crippen molar-refractivity contribution in [1.82, 2.24) is 4.57 Å². The number of benzene rings is 5. The first-order chi connectivity index (χ1) is 15.9. The lowest BCUT2D eigenvalue weighted by atomic mass is 9.98. The minimum Gasteiger partial charge on any atom is -0.309 e. The van der Waals surface area contributed by atoms with Crippen molar-refractivity contribution in [2.75, 3.05) is 0 Å². The fraction of sp³-hybridized carbons (Fsp3) is 0.0323. The molecule has 150 valence electrons. The molecule has 7 rings (SSSR count). The third-order valence-electron chi connectivity index (χ3n) is 6.82. The molecule has 0 spiro atoms. The van der Waals surface area contributed by atoms with E-state index in [1.165, 1.54) is 60.9 Å². The van der Waals surface area contributed by atoms with E-state index < -0.39 is 0 Å². The molecule has 0 N–H and O–H groups in total. The Balaban J connectivity index is 1.47. The molecule has 0 atom stereocenters. The van der Waals surface area contributed by atoms with Crippen LogP contribution in [0.25, 0.3) is 49.7 Å². The first-order valence-electron chi connectivity index (χ1n) is 11.2. The van der Waals surface area contributed by atoms with Crippen molar-refractivity contribution in [3.8, 4) is 27.9 Å². The van der Waals surface area contributed by atoms with Gasteiger partial charge in [0.25, 0.3) is 0 Å². The molecule has 0 saturated heterocycles. The second-order valence-corrected chi connectivity index (χ2v) is 8.63. The topological polar surface area (TPSA) is 4.93 Å². The van der Waals surface area contributed by atoms with E-state index >= 15 is 0 Å². The van der Waals surface area contributed by atoms with Crippen LogP contribution in [0, 0.1) is 0 Å². The van der Waals surface area contributed by atoms with Crippen LogP contribution < -0.4 is 0 Å². The Labute approximate surface area is 187 Å². The summed E-state index contributed by atoms with van der Waals surface area (Å²) in [6.45, 7) is 0. The van der Waals surface area contributed by atoms with Gasteiger partial charge in [-0.25, -0.2) is 0 Å². The third-order valence-corrected chi connectivity index (χ3v) is 6.82. The van der Waals surface area contributed by atoms with Crippen molar-refractivity contribution in [2.45, 2.75) is 6.42 Å². The molecular weight excluding hydrogens is 386 g/mol. The summed E-state index contributed by atoms with van der Waals surface area (Å²) in [7, 11) is 0. The first kappa shape index (κ1) is 17.6. The van der Waals surface area contributed by atoms with Gasteiger partial charge in [-0.1, -0.05) is 84.9 Å². The SMILES string of the molecule is c1ccc(-n2c3ccccc3c3ccc(-c4ccc5c(c4)-c4ccccc4C5)cc32)cc1. The fourth-order valence-corrected chi connectivity index (χ4v) is 5.31. The van der Waals surface area contributed by atoms with Crippen LogP contribution in [0.1, 0.15) is 11.1 Å². The summed E-state index contributed by atoms with van der Waals surface area (Å²) in [4.78, 5) is 0. The Kier molecular flexibility index (Phi) is 3.68. The predicted octanol–water partition coefficient (Wildman–Crippen LogP) is 8.02. The fourth-order valence-electron chi connectivity index (χ4n) is 5.31. The molecular formula is C31H21N. The van der Waals surface area contributed by atoms with Gasteiger partial charge in [-0.2, -0.15) is 0 Å². The maximum absolute atomic E-state index is 2.39. The van der Waals surface area contributed by atoms with Crippen LogP contribution in [-0.4, -0.2) is 4.57 Å². The quantitative estimate of drug-likeness (QED) is 0.273. The van der Waals surface area contributed by atoms with Crippen molar-refractivity contribution in [3.05, 3.63) is 126 Å². The second-order valence-electron chi connectivity index (χ2n) is 8.63. The van der Waals surface area contributed by atoms with E-state index in [9.17, 15) is 0 Å². The van der Waals surface area contributed by atoms with Crippen molar-refractivity contribution in [2.24, 2.45) is 0 Å². The van der Waals surface area contributed by atoms with Gasteiger partial charge in [0.15, 0.2) is 0 Å². The molecule has 0 fully saturated rings. The summed E-state index contributed by atoms with van der Waals surface area (Å²) >= 11 is 0. The Hall–Kier alpha value is -4.10. The van der Waals surface area contributed by atoms with E-state index in [2.05, 4.69) is 120 Å². The van der Waals surface area contributed by atoms with Gasteiger partial charge in [0.05, 0.1) is 11.0 Å². The van der Waals surface area contributed by atoms with E-state index in [0.29, 0.717) is 0 Å². The molecule has 1 aromatic heterocycles. The van der Waals surface area contributed by atoms with Crippen LogP contribution in [0.3, 0.4) is 0 Å². The van der Waals surface area contributed by atoms with E-state index in [0.717, 1.165) is 6.42 Å².